The Morgan fingerprint density at radius 2 is 1.91 bits per heavy atom. The maximum atomic E-state index is 12.4. The molecule has 3 atom stereocenters. The molecule has 5 nitrogen and oxygen atoms in total. The van der Waals surface area contributed by atoms with Gasteiger partial charge in [-0.2, -0.15) is 0 Å². The molecule has 1 aliphatic rings. The van der Waals surface area contributed by atoms with E-state index in [1.165, 1.54) is 0 Å². The summed E-state index contributed by atoms with van der Waals surface area (Å²) >= 11 is 6.57. The normalized spacial score (nSPS) is 27.8. The average Bonchev–Trinajstić information content (AvgIpc) is 2.52. The first kappa shape index (κ1) is 17.1. The second kappa shape index (κ2) is 6.67. The lowest BCUT2D eigenvalue weighted by Gasteiger charge is -2.35. The van der Waals surface area contributed by atoms with E-state index < -0.39 is 13.4 Å². The van der Waals surface area contributed by atoms with Crippen LogP contribution in [-0.2, 0) is 9.09 Å². The highest BCUT2D eigenvalue weighted by Crippen LogP contribution is 2.60. The van der Waals surface area contributed by atoms with Gasteiger partial charge in [-0.05, 0) is 33.6 Å². The molecule has 0 saturated carbocycles. The molecule has 3 rings (SSSR count). The SMILES string of the molecule is O=P1(O)OC[C@@H](c2ccccc2)N[C@H]1c1cc(Br)cc(Br)c1O. The molecule has 1 unspecified atom stereocenters. The Bertz CT molecular complexity index is 772. The van der Waals surface area contributed by atoms with Crippen molar-refractivity contribution < 1.29 is 19.1 Å². The van der Waals surface area contributed by atoms with Gasteiger partial charge in [0, 0.05) is 10.0 Å². The minimum absolute atomic E-state index is 0.0858. The van der Waals surface area contributed by atoms with Gasteiger partial charge in [0.1, 0.15) is 11.5 Å². The number of aromatic hydroxyl groups is 1. The first-order valence-corrected chi connectivity index (χ1v) is 10.1. The minimum atomic E-state index is -3.96. The van der Waals surface area contributed by atoms with Crippen LogP contribution in [0.5, 0.6) is 5.75 Å². The summed E-state index contributed by atoms with van der Waals surface area (Å²) in [5, 5.41) is 13.4. The molecule has 2 aromatic rings. The van der Waals surface area contributed by atoms with Crippen molar-refractivity contribution in [3.63, 3.8) is 0 Å². The van der Waals surface area contributed by atoms with Gasteiger partial charge in [0.25, 0.3) is 0 Å². The fraction of sp³-hybridized carbons (Fsp3) is 0.200. The summed E-state index contributed by atoms with van der Waals surface area (Å²) in [6, 6.07) is 12.6. The number of phenolic OH excluding ortho intramolecular Hbond substituents is 1. The molecule has 2 aromatic carbocycles. The Morgan fingerprint density at radius 1 is 1.22 bits per heavy atom. The Morgan fingerprint density at radius 3 is 2.61 bits per heavy atom. The van der Waals surface area contributed by atoms with E-state index in [1.54, 1.807) is 12.1 Å². The first-order chi connectivity index (χ1) is 10.9. The monoisotopic (exact) mass is 461 g/mol. The van der Waals surface area contributed by atoms with Crippen LogP contribution in [0, 0.1) is 0 Å². The number of phenols is 1. The van der Waals surface area contributed by atoms with E-state index in [0.717, 1.165) is 5.56 Å². The molecule has 1 heterocycles. The van der Waals surface area contributed by atoms with Crippen molar-refractivity contribution in [3.05, 3.63) is 62.5 Å². The van der Waals surface area contributed by atoms with Crippen LogP contribution in [-0.4, -0.2) is 16.6 Å². The van der Waals surface area contributed by atoms with Crippen molar-refractivity contribution in [1.29, 1.82) is 0 Å². The molecule has 1 fully saturated rings. The molecular weight excluding hydrogens is 449 g/mol. The molecule has 0 radical (unpaired) electrons. The van der Waals surface area contributed by atoms with Gasteiger partial charge in [0.2, 0.25) is 0 Å². The highest BCUT2D eigenvalue weighted by Gasteiger charge is 2.42. The zero-order chi connectivity index (χ0) is 16.6. The minimum Gasteiger partial charge on any atom is -0.506 e. The second-order valence-electron chi connectivity index (χ2n) is 5.22. The average molecular weight is 463 g/mol. The van der Waals surface area contributed by atoms with E-state index >= 15 is 0 Å². The van der Waals surface area contributed by atoms with Crippen molar-refractivity contribution in [2.45, 2.75) is 11.8 Å². The molecular formula is C15H14Br2NO4P. The number of rotatable bonds is 2. The molecule has 8 heteroatoms. The van der Waals surface area contributed by atoms with Gasteiger partial charge >= 0.3 is 7.60 Å². The molecule has 0 aliphatic carbocycles. The maximum absolute atomic E-state index is 12.4. The van der Waals surface area contributed by atoms with Gasteiger partial charge in [-0.3, -0.25) is 9.88 Å². The predicted molar refractivity (Wildman–Crippen MR) is 94.3 cm³/mol. The maximum Gasteiger partial charge on any atom is 0.349 e. The van der Waals surface area contributed by atoms with Crippen LogP contribution in [0.25, 0.3) is 0 Å². The summed E-state index contributed by atoms with van der Waals surface area (Å²) in [6.45, 7) is 0.0875. The number of halogens is 2. The van der Waals surface area contributed by atoms with E-state index in [1.807, 2.05) is 30.3 Å². The van der Waals surface area contributed by atoms with E-state index in [2.05, 4.69) is 37.2 Å². The van der Waals surface area contributed by atoms with Gasteiger partial charge in [0.05, 0.1) is 17.1 Å². The smallest absolute Gasteiger partial charge is 0.349 e. The standard InChI is InChI=1S/C15H14Br2NO4P/c16-10-6-11(14(19)12(17)7-10)15-18-13(8-22-23(15,20)21)9-4-2-1-3-5-9/h1-7,13,15,18-19H,8H2,(H,20,21)/t13-,15+/m0/s1. The number of hydrogen-bond acceptors (Lipinski definition) is 4. The van der Waals surface area contributed by atoms with Gasteiger partial charge in [-0.25, -0.2) is 0 Å². The topological polar surface area (TPSA) is 78.8 Å². The van der Waals surface area contributed by atoms with Crippen LogP contribution in [0.1, 0.15) is 23.0 Å². The van der Waals surface area contributed by atoms with E-state index in [9.17, 15) is 14.6 Å². The van der Waals surface area contributed by atoms with Crippen molar-refractivity contribution in [2.24, 2.45) is 0 Å². The van der Waals surface area contributed by atoms with Crippen LogP contribution in [0.2, 0.25) is 0 Å². The van der Waals surface area contributed by atoms with Crippen molar-refractivity contribution in [2.75, 3.05) is 6.61 Å². The van der Waals surface area contributed by atoms with Crippen LogP contribution in [0.4, 0.5) is 0 Å². The molecule has 0 spiro atoms. The third kappa shape index (κ3) is 3.55. The first-order valence-electron chi connectivity index (χ1n) is 6.84. The molecule has 0 bridgehead atoms. The number of hydrogen-bond donors (Lipinski definition) is 3. The van der Waals surface area contributed by atoms with E-state index in [-0.39, 0.29) is 18.4 Å². The Balaban J connectivity index is 2.00. The van der Waals surface area contributed by atoms with Gasteiger partial charge in [-0.15, -0.1) is 0 Å². The van der Waals surface area contributed by atoms with Crippen LogP contribution in [0.3, 0.4) is 0 Å². The number of nitrogens with one attached hydrogen (secondary N) is 1. The summed E-state index contributed by atoms with van der Waals surface area (Å²) in [4.78, 5) is 10.2. The third-order valence-electron chi connectivity index (χ3n) is 3.67. The zero-order valence-electron chi connectivity index (χ0n) is 11.8. The second-order valence-corrected chi connectivity index (χ2v) is 8.89. The van der Waals surface area contributed by atoms with Crippen molar-refractivity contribution in [1.82, 2.24) is 5.32 Å². The summed E-state index contributed by atoms with van der Waals surface area (Å²) in [5.41, 5.74) is 1.25. The van der Waals surface area contributed by atoms with E-state index in [0.29, 0.717) is 14.5 Å². The molecule has 3 N–H and O–H groups in total. The van der Waals surface area contributed by atoms with Gasteiger partial charge in [0.15, 0.2) is 0 Å². The molecule has 1 saturated heterocycles. The summed E-state index contributed by atoms with van der Waals surface area (Å²) in [5.74, 6) is -1.10. The highest BCUT2D eigenvalue weighted by molar-refractivity contribution is 9.11. The zero-order valence-corrected chi connectivity index (χ0v) is 15.9. The highest BCUT2D eigenvalue weighted by atomic mass is 79.9. The Labute approximate surface area is 150 Å². The molecule has 23 heavy (non-hydrogen) atoms. The lowest BCUT2D eigenvalue weighted by Crippen LogP contribution is -2.34. The largest absolute Gasteiger partial charge is 0.506 e. The molecule has 0 aromatic heterocycles. The van der Waals surface area contributed by atoms with Crippen LogP contribution >= 0.6 is 39.5 Å². The van der Waals surface area contributed by atoms with Crippen molar-refractivity contribution in [3.8, 4) is 5.75 Å². The summed E-state index contributed by atoms with van der Waals surface area (Å²) in [6.07, 6.45) is 0. The van der Waals surface area contributed by atoms with Crippen LogP contribution < -0.4 is 5.32 Å². The van der Waals surface area contributed by atoms with E-state index in [4.69, 9.17) is 4.52 Å². The van der Waals surface area contributed by atoms with Gasteiger partial charge < -0.3 is 14.5 Å². The summed E-state index contributed by atoms with van der Waals surface area (Å²) in [7, 11) is -3.96. The fourth-order valence-electron chi connectivity index (χ4n) is 2.53. The van der Waals surface area contributed by atoms with Crippen molar-refractivity contribution >= 4 is 39.5 Å². The molecule has 122 valence electrons. The summed E-state index contributed by atoms with van der Waals surface area (Å²) < 4.78 is 18.8. The molecule has 0 amide bonds. The predicted octanol–water partition coefficient (Wildman–Crippen LogP) is 4.46. The van der Waals surface area contributed by atoms with Gasteiger partial charge in [-0.1, -0.05) is 46.3 Å². The number of benzene rings is 2. The lowest BCUT2D eigenvalue weighted by molar-refractivity contribution is 0.180. The third-order valence-corrected chi connectivity index (χ3v) is 6.33. The quantitative estimate of drug-likeness (QED) is 0.574. The molecule has 1 aliphatic heterocycles. The van der Waals surface area contributed by atoms with Crippen LogP contribution in [0.15, 0.2) is 51.4 Å². The fourth-order valence-corrected chi connectivity index (χ4v) is 5.21. The Kier molecular flexibility index (Phi) is 4.97. The Hall–Kier alpha value is -0.690. The lowest BCUT2D eigenvalue weighted by atomic mass is 10.1.